The lowest BCUT2D eigenvalue weighted by atomic mass is 10.2. The van der Waals surface area contributed by atoms with Crippen LogP contribution in [0.5, 0.6) is 0 Å². The molecule has 1 saturated heterocycles. The van der Waals surface area contributed by atoms with Gasteiger partial charge in [-0.25, -0.2) is 18.1 Å². The van der Waals surface area contributed by atoms with Crippen LogP contribution in [0.1, 0.15) is 19.1 Å². The molecule has 4 atom stereocenters. The molecule has 0 spiro atoms. The summed E-state index contributed by atoms with van der Waals surface area (Å²) in [5.74, 6) is -0.378. The second-order valence-electron chi connectivity index (χ2n) is 6.10. The summed E-state index contributed by atoms with van der Waals surface area (Å²) in [4.78, 5) is 35.6. The first-order valence-corrected chi connectivity index (χ1v) is 12.6. The molecule has 162 valence electrons. The maximum Gasteiger partial charge on any atom is 0.490 e. The summed E-state index contributed by atoms with van der Waals surface area (Å²) in [5, 5.41) is 0.672. The zero-order valence-corrected chi connectivity index (χ0v) is 17.2. The zero-order valence-electron chi connectivity index (χ0n) is 14.5. The number of hydrogen-bond donors (Lipinski definition) is 4. The van der Waals surface area contributed by atoms with Crippen LogP contribution in [0.15, 0.2) is 30.5 Å². The Morgan fingerprint density at radius 1 is 1.07 bits per heavy atom. The molecule has 2 aromatic rings. The van der Waals surface area contributed by atoms with Gasteiger partial charge in [-0.15, -0.1) is 0 Å². The van der Waals surface area contributed by atoms with Crippen LogP contribution in [-0.2, 0) is 31.6 Å². The molecule has 4 N–H and O–H groups in total. The van der Waals surface area contributed by atoms with Crippen molar-refractivity contribution < 1.29 is 55.5 Å². The van der Waals surface area contributed by atoms with E-state index in [2.05, 4.69) is 13.1 Å². The van der Waals surface area contributed by atoms with Crippen molar-refractivity contribution in [2.75, 3.05) is 6.61 Å². The standard InChI is InChI=1S/C13H17FNO11P3/c14-10-1-3-12-9(7-10)5-6-15(12)13-4-2-11(24-13)8-23-28(19,20)26-29(21,22)25-27(16,17)18/h1,3,5-7,11,13H,2,4,8H2,(H,19,20)(H,21,22)(H2,16,17,18)/t11-,13+/m0/s1. The fraction of sp³-hybridized carbons (Fsp3) is 0.385. The fourth-order valence-corrected chi connectivity index (χ4v) is 5.93. The largest absolute Gasteiger partial charge is 0.490 e. The van der Waals surface area contributed by atoms with E-state index in [0.717, 1.165) is 5.52 Å². The zero-order chi connectivity index (χ0) is 21.4. The molecule has 2 heterocycles. The third-order valence-corrected chi connectivity index (χ3v) is 7.72. The van der Waals surface area contributed by atoms with Crippen LogP contribution in [0, 0.1) is 5.82 Å². The lowest BCUT2D eigenvalue weighted by Crippen LogP contribution is -2.16. The highest BCUT2D eigenvalue weighted by Gasteiger charge is 2.41. The van der Waals surface area contributed by atoms with Crippen LogP contribution in [0.2, 0.25) is 0 Å². The van der Waals surface area contributed by atoms with Gasteiger partial charge in [0.1, 0.15) is 12.0 Å². The van der Waals surface area contributed by atoms with Crippen molar-refractivity contribution in [3.05, 3.63) is 36.3 Å². The number of hydrogen-bond acceptors (Lipinski definition) is 7. The lowest BCUT2D eigenvalue weighted by Gasteiger charge is -2.19. The molecule has 3 rings (SSSR count). The van der Waals surface area contributed by atoms with Gasteiger partial charge >= 0.3 is 23.5 Å². The molecule has 1 aliphatic rings. The maximum absolute atomic E-state index is 13.3. The number of halogens is 1. The smallest absolute Gasteiger partial charge is 0.352 e. The van der Waals surface area contributed by atoms with E-state index in [0.29, 0.717) is 18.2 Å². The molecule has 1 aromatic carbocycles. The average Bonchev–Trinajstić information content (AvgIpc) is 3.15. The highest BCUT2D eigenvalue weighted by molar-refractivity contribution is 7.66. The van der Waals surface area contributed by atoms with E-state index in [1.165, 1.54) is 12.1 Å². The molecule has 0 bridgehead atoms. The Hall–Kier alpha value is -0.940. The number of nitrogens with zero attached hydrogens (tertiary/aromatic N) is 1. The van der Waals surface area contributed by atoms with Crippen molar-refractivity contribution in [1.82, 2.24) is 4.57 Å². The predicted molar refractivity (Wildman–Crippen MR) is 94.9 cm³/mol. The number of phosphoric acid groups is 3. The third-order valence-electron chi connectivity index (χ3n) is 3.92. The molecule has 0 saturated carbocycles. The van der Waals surface area contributed by atoms with Crippen LogP contribution in [0.3, 0.4) is 0 Å². The minimum atomic E-state index is -5.56. The SMILES string of the molecule is O=P(O)(O)OP(=O)(O)OP(=O)(O)OC[C@@H]1CC[C@H](n2ccc3cc(F)ccc32)O1. The summed E-state index contributed by atoms with van der Waals surface area (Å²) in [6, 6.07) is 5.98. The number of ether oxygens (including phenoxy) is 1. The van der Waals surface area contributed by atoms with Crippen molar-refractivity contribution >= 4 is 34.4 Å². The number of phosphoric ester groups is 1. The van der Waals surface area contributed by atoms with Gasteiger partial charge in [0.15, 0.2) is 0 Å². The van der Waals surface area contributed by atoms with Gasteiger partial charge in [0, 0.05) is 11.6 Å². The lowest BCUT2D eigenvalue weighted by molar-refractivity contribution is -0.0200. The predicted octanol–water partition coefficient (Wildman–Crippen LogP) is 2.80. The van der Waals surface area contributed by atoms with E-state index >= 15 is 0 Å². The molecular formula is C13H17FNO11P3. The summed E-state index contributed by atoms with van der Waals surface area (Å²) in [5.41, 5.74) is 0.727. The van der Waals surface area contributed by atoms with Crippen LogP contribution < -0.4 is 0 Å². The van der Waals surface area contributed by atoms with Crippen LogP contribution in [-0.4, -0.2) is 36.9 Å². The molecule has 0 aliphatic carbocycles. The fourth-order valence-electron chi connectivity index (χ4n) is 2.88. The van der Waals surface area contributed by atoms with Gasteiger partial charge in [-0.05, 0) is 37.1 Å². The summed E-state index contributed by atoms with van der Waals surface area (Å²) in [7, 11) is -16.2. The summed E-state index contributed by atoms with van der Waals surface area (Å²) in [6.45, 7) is -0.506. The summed E-state index contributed by atoms with van der Waals surface area (Å²) < 4.78 is 66.2. The van der Waals surface area contributed by atoms with Crippen molar-refractivity contribution in [1.29, 1.82) is 0 Å². The van der Waals surface area contributed by atoms with Gasteiger partial charge in [0.05, 0.1) is 18.2 Å². The van der Waals surface area contributed by atoms with E-state index in [1.54, 1.807) is 22.9 Å². The van der Waals surface area contributed by atoms with E-state index < -0.39 is 42.4 Å². The normalized spacial score (nSPS) is 24.4. The minimum absolute atomic E-state index is 0.378. The van der Waals surface area contributed by atoms with E-state index in [4.69, 9.17) is 19.4 Å². The van der Waals surface area contributed by atoms with Gasteiger partial charge in [0.2, 0.25) is 0 Å². The highest BCUT2D eigenvalue weighted by Crippen LogP contribution is 2.66. The number of rotatable bonds is 8. The molecule has 12 nitrogen and oxygen atoms in total. The Kier molecular flexibility index (Phi) is 6.51. The molecule has 1 aromatic heterocycles. The number of benzene rings is 1. The number of aromatic nitrogens is 1. The second kappa shape index (κ2) is 8.30. The molecule has 29 heavy (non-hydrogen) atoms. The summed E-state index contributed by atoms with van der Waals surface area (Å²) >= 11 is 0. The van der Waals surface area contributed by atoms with Gasteiger partial charge in [-0.1, -0.05) is 0 Å². The topological polar surface area (TPSA) is 174 Å². The van der Waals surface area contributed by atoms with Crippen LogP contribution in [0.4, 0.5) is 4.39 Å². The Bertz CT molecular complexity index is 1040. The van der Waals surface area contributed by atoms with Crippen molar-refractivity contribution in [2.24, 2.45) is 0 Å². The molecular weight excluding hydrogens is 458 g/mol. The molecule has 2 unspecified atom stereocenters. The monoisotopic (exact) mass is 475 g/mol. The van der Waals surface area contributed by atoms with Gasteiger partial charge < -0.3 is 28.9 Å². The molecule has 1 fully saturated rings. The Balaban J connectivity index is 1.57. The quantitative estimate of drug-likeness (QED) is 0.413. The Labute approximate surface area is 163 Å². The minimum Gasteiger partial charge on any atom is -0.352 e. The maximum atomic E-state index is 13.3. The van der Waals surface area contributed by atoms with E-state index in [-0.39, 0.29) is 5.82 Å². The Morgan fingerprint density at radius 3 is 2.48 bits per heavy atom. The first kappa shape index (κ1) is 22.7. The molecule has 0 radical (unpaired) electrons. The first-order chi connectivity index (χ1) is 13.3. The van der Waals surface area contributed by atoms with Crippen molar-refractivity contribution in [3.8, 4) is 0 Å². The first-order valence-electron chi connectivity index (χ1n) is 8.03. The van der Waals surface area contributed by atoms with E-state index in [1.807, 2.05) is 0 Å². The van der Waals surface area contributed by atoms with Gasteiger partial charge in [-0.2, -0.15) is 8.62 Å². The Morgan fingerprint density at radius 2 is 1.79 bits per heavy atom. The molecule has 1 aliphatic heterocycles. The van der Waals surface area contributed by atoms with Gasteiger partial charge in [-0.3, -0.25) is 4.52 Å². The molecule has 0 amide bonds. The van der Waals surface area contributed by atoms with Crippen LogP contribution >= 0.6 is 23.5 Å². The van der Waals surface area contributed by atoms with E-state index in [9.17, 15) is 23.0 Å². The average molecular weight is 475 g/mol. The molecule has 16 heteroatoms. The van der Waals surface area contributed by atoms with Crippen molar-refractivity contribution in [2.45, 2.75) is 25.2 Å². The van der Waals surface area contributed by atoms with Gasteiger partial charge in [0.25, 0.3) is 0 Å². The summed E-state index contributed by atoms with van der Waals surface area (Å²) in [6.07, 6.45) is 1.49. The van der Waals surface area contributed by atoms with Crippen molar-refractivity contribution in [3.63, 3.8) is 0 Å². The number of fused-ring (bicyclic) bond motifs is 1. The third kappa shape index (κ3) is 6.27. The highest BCUT2D eigenvalue weighted by atomic mass is 31.3. The second-order valence-corrected chi connectivity index (χ2v) is 10.5. The van der Waals surface area contributed by atoms with Crippen LogP contribution in [0.25, 0.3) is 10.9 Å².